The Hall–Kier alpha value is -4.12. The maximum absolute atomic E-state index is 13.1. The summed E-state index contributed by atoms with van der Waals surface area (Å²) < 4.78 is 67.9. The summed E-state index contributed by atoms with van der Waals surface area (Å²) in [5.41, 5.74) is 13.5. The Kier molecular flexibility index (Phi) is 12.0. The molecule has 0 aliphatic carbocycles. The highest BCUT2D eigenvalue weighted by Gasteiger charge is 2.35. The second-order valence-electron chi connectivity index (χ2n) is 10.1. The summed E-state index contributed by atoms with van der Waals surface area (Å²) in [6.07, 6.45) is -3.24. The van der Waals surface area contributed by atoms with Gasteiger partial charge in [0.1, 0.15) is 29.7 Å². The van der Waals surface area contributed by atoms with Gasteiger partial charge in [-0.2, -0.15) is 13.2 Å². The number of halogens is 3. The fraction of sp³-hybridized carbons (Fsp3) is 0.462. The van der Waals surface area contributed by atoms with Gasteiger partial charge in [-0.1, -0.05) is 26.0 Å². The second kappa shape index (κ2) is 15.2. The molecule has 0 spiro atoms. The van der Waals surface area contributed by atoms with Crippen molar-refractivity contribution in [2.75, 3.05) is 25.8 Å². The van der Waals surface area contributed by atoms with Crippen LogP contribution in [0.4, 0.5) is 19.0 Å². The molecular weight excluding hydrogens is 626 g/mol. The number of alkyl halides is 3. The molecular formula is C26H33F3N7O8P. The van der Waals surface area contributed by atoms with Gasteiger partial charge in [0.15, 0.2) is 17.8 Å². The Bertz CT molecular complexity index is 1510. The van der Waals surface area contributed by atoms with Gasteiger partial charge in [0.05, 0.1) is 32.6 Å². The van der Waals surface area contributed by atoms with E-state index in [1.54, 1.807) is 35.2 Å². The van der Waals surface area contributed by atoms with E-state index < -0.39 is 50.1 Å². The van der Waals surface area contributed by atoms with Crippen molar-refractivity contribution >= 4 is 42.7 Å². The molecule has 1 saturated heterocycles. The molecule has 1 amide bonds. The number of benzene rings is 1. The minimum absolute atomic E-state index is 0.0363. The van der Waals surface area contributed by atoms with Crippen LogP contribution in [0.5, 0.6) is 5.75 Å². The third-order valence-corrected chi connectivity index (χ3v) is 7.82. The van der Waals surface area contributed by atoms with Gasteiger partial charge in [-0.15, -0.1) is 0 Å². The summed E-state index contributed by atoms with van der Waals surface area (Å²) in [6.45, 7) is 4.03. The van der Waals surface area contributed by atoms with Crippen LogP contribution in [-0.4, -0.2) is 82.1 Å². The maximum Gasteiger partial charge on any atom is 0.446 e. The molecule has 4 atom stereocenters. The number of nitrogens with one attached hydrogen (secondary N) is 1. The lowest BCUT2D eigenvalue weighted by molar-refractivity contribution is -0.156. The second-order valence-corrected chi connectivity index (χ2v) is 12.0. The van der Waals surface area contributed by atoms with Crippen molar-refractivity contribution < 1.29 is 50.6 Å². The zero-order valence-electron chi connectivity index (χ0n) is 24.5. The van der Waals surface area contributed by atoms with Crippen molar-refractivity contribution in [2.45, 2.75) is 51.2 Å². The molecule has 5 N–H and O–H groups in total. The lowest BCUT2D eigenvalue weighted by atomic mass is 10.0. The minimum atomic E-state index is -4.64. The van der Waals surface area contributed by atoms with Crippen LogP contribution in [0.1, 0.15) is 19.4 Å². The molecule has 1 aromatic carbocycles. The first-order valence-corrected chi connectivity index (χ1v) is 15.1. The molecule has 4 rings (SSSR count). The number of nitrogen functional groups attached to an aromatic ring is 1. The number of ether oxygens (including phenoxy) is 2. The van der Waals surface area contributed by atoms with Gasteiger partial charge >= 0.3 is 19.7 Å². The van der Waals surface area contributed by atoms with Crippen LogP contribution >= 0.6 is 7.60 Å². The van der Waals surface area contributed by atoms with Gasteiger partial charge in [-0.25, -0.2) is 24.3 Å². The topological polar surface area (TPSA) is 213 Å². The Labute approximate surface area is 255 Å². The highest BCUT2D eigenvalue weighted by atomic mass is 31.2. The number of amides is 1. The number of fused-ring (bicyclic) bond motifs is 1. The fourth-order valence-electron chi connectivity index (χ4n) is 3.88. The SMILES string of the molecule is COC(=O)[C@H](Cc1ccc(OP2(=O)CO[C@@H](Cn3cnc4c(N)ncnc43)CO2)cc1)NC(=O)[C@@H](N)C(C)C.O=CC(F)(F)F. The fourth-order valence-corrected chi connectivity index (χ4v) is 5.29. The number of rotatable bonds is 10. The number of imidazole rings is 1. The average Bonchev–Trinajstić information content (AvgIpc) is 3.41. The van der Waals surface area contributed by atoms with Gasteiger partial charge in [0.25, 0.3) is 0 Å². The number of anilines is 1. The van der Waals surface area contributed by atoms with Gasteiger partial charge < -0.3 is 35.3 Å². The molecule has 1 unspecified atom stereocenters. The van der Waals surface area contributed by atoms with Crippen LogP contribution in [0.3, 0.4) is 0 Å². The summed E-state index contributed by atoms with van der Waals surface area (Å²) in [4.78, 5) is 45.6. The molecule has 246 valence electrons. The summed E-state index contributed by atoms with van der Waals surface area (Å²) in [6, 6.07) is 4.91. The summed E-state index contributed by atoms with van der Waals surface area (Å²) in [7, 11) is -2.31. The molecule has 19 heteroatoms. The molecule has 3 aromatic rings. The number of hydrogen-bond donors (Lipinski definition) is 3. The molecule has 15 nitrogen and oxygen atoms in total. The van der Waals surface area contributed by atoms with Crippen molar-refractivity contribution in [1.29, 1.82) is 0 Å². The summed E-state index contributed by atoms with van der Waals surface area (Å²) in [5.74, 6) is -0.541. The van der Waals surface area contributed by atoms with E-state index in [4.69, 9.17) is 34.8 Å². The lowest BCUT2D eigenvalue weighted by Crippen LogP contribution is -2.51. The first-order valence-electron chi connectivity index (χ1n) is 13.4. The first kappa shape index (κ1) is 35.4. The van der Waals surface area contributed by atoms with Crippen molar-refractivity contribution in [1.82, 2.24) is 24.8 Å². The largest absolute Gasteiger partial charge is 0.467 e. The first-order chi connectivity index (χ1) is 21.1. The van der Waals surface area contributed by atoms with Crippen molar-refractivity contribution in [2.24, 2.45) is 11.7 Å². The normalized spacial score (nSPS) is 19.6. The number of carbonyl (C=O) groups excluding carboxylic acids is 3. The molecule has 3 heterocycles. The molecule has 1 fully saturated rings. The number of esters is 1. The lowest BCUT2D eigenvalue weighted by Gasteiger charge is -2.29. The highest BCUT2D eigenvalue weighted by Crippen LogP contribution is 2.51. The predicted molar refractivity (Wildman–Crippen MR) is 153 cm³/mol. The van der Waals surface area contributed by atoms with Gasteiger partial charge in [-0.05, 0) is 23.6 Å². The van der Waals surface area contributed by atoms with E-state index in [1.807, 2.05) is 13.8 Å². The summed E-state index contributed by atoms with van der Waals surface area (Å²) >= 11 is 0. The van der Waals surface area contributed by atoms with Crippen LogP contribution in [0, 0.1) is 5.92 Å². The van der Waals surface area contributed by atoms with E-state index in [2.05, 4.69) is 20.3 Å². The monoisotopic (exact) mass is 659 g/mol. The van der Waals surface area contributed by atoms with Crippen LogP contribution < -0.4 is 21.3 Å². The number of methoxy groups -OCH3 is 1. The Morgan fingerprint density at radius 2 is 1.89 bits per heavy atom. The van der Waals surface area contributed by atoms with Crippen molar-refractivity contribution in [3.8, 4) is 5.75 Å². The van der Waals surface area contributed by atoms with E-state index in [9.17, 15) is 27.3 Å². The molecule has 1 aliphatic heterocycles. The third-order valence-electron chi connectivity index (χ3n) is 6.32. The number of nitrogens with zero attached hydrogens (tertiary/aromatic N) is 4. The van der Waals surface area contributed by atoms with Crippen molar-refractivity contribution in [3.63, 3.8) is 0 Å². The van der Waals surface area contributed by atoms with Crippen LogP contribution in [0.25, 0.3) is 11.2 Å². The Balaban J connectivity index is 0.000000838. The number of aromatic nitrogens is 4. The quantitative estimate of drug-likeness (QED) is 0.162. The van der Waals surface area contributed by atoms with E-state index in [0.29, 0.717) is 29.0 Å². The number of hydrogen-bond acceptors (Lipinski definition) is 13. The van der Waals surface area contributed by atoms with Crippen molar-refractivity contribution in [3.05, 3.63) is 42.5 Å². The Morgan fingerprint density at radius 1 is 1.22 bits per heavy atom. The molecule has 2 aromatic heterocycles. The Morgan fingerprint density at radius 3 is 2.44 bits per heavy atom. The number of aldehydes is 1. The zero-order chi connectivity index (χ0) is 33.4. The highest BCUT2D eigenvalue weighted by molar-refractivity contribution is 7.54. The van der Waals surface area contributed by atoms with Crippen LogP contribution in [0.2, 0.25) is 0 Å². The number of carbonyl (C=O) groups is 3. The smallest absolute Gasteiger partial charge is 0.446 e. The molecule has 1 aliphatic rings. The van der Waals surface area contributed by atoms with E-state index in [-0.39, 0.29) is 31.1 Å². The predicted octanol–water partition coefficient (Wildman–Crippen LogP) is 1.98. The van der Waals surface area contributed by atoms with E-state index in [1.165, 1.54) is 13.4 Å². The molecule has 45 heavy (non-hydrogen) atoms. The minimum Gasteiger partial charge on any atom is -0.467 e. The van der Waals surface area contributed by atoms with E-state index >= 15 is 0 Å². The average molecular weight is 660 g/mol. The zero-order valence-corrected chi connectivity index (χ0v) is 25.4. The number of nitrogens with two attached hydrogens (primary N) is 2. The van der Waals surface area contributed by atoms with Gasteiger partial charge in [0.2, 0.25) is 12.2 Å². The van der Waals surface area contributed by atoms with Gasteiger partial charge in [0, 0.05) is 6.42 Å². The maximum atomic E-state index is 13.1. The van der Waals surface area contributed by atoms with Crippen LogP contribution in [-0.2, 0) is 45.9 Å². The standard InChI is InChI=1S/C24H32N7O7P.C2HF3O/c1-14(2)19(25)23(32)30-18(24(33)35-3)8-15-4-6-16(7-5-15)38-39(34)13-36-17(10-37-39)9-31-12-29-20-21(26)27-11-28-22(20)31;3-2(4,5)1-6/h4-7,11-12,14,17-19H,8-10,13,25H2,1-3H3,(H,30,32)(H2,26,27,28);1H/t17-,18-,19-,39?;/m0./s1. The van der Waals surface area contributed by atoms with E-state index in [0.717, 1.165) is 0 Å². The molecule has 0 saturated carbocycles. The van der Waals surface area contributed by atoms with Crippen LogP contribution in [0.15, 0.2) is 36.9 Å². The third kappa shape index (κ3) is 10.2. The van der Waals surface area contributed by atoms with Gasteiger partial charge in [-0.3, -0.25) is 14.1 Å². The molecule has 0 bridgehead atoms. The summed E-state index contributed by atoms with van der Waals surface area (Å²) in [5, 5.41) is 2.65. The molecule has 0 radical (unpaired) electrons.